The van der Waals surface area contributed by atoms with Crippen LogP contribution in [0.5, 0.6) is 0 Å². The third-order valence-electron chi connectivity index (χ3n) is 3.66. The molecule has 0 aromatic carbocycles. The average molecular weight is 258 g/mol. The van der Waals surface area contributed by atoms with Crippen LogP contribution in [0.2, 0.25) is 25.7 Å². The van der Waals surface area contributed by atoms with E-state index in [9.17, 15) is 0 Å². The first kappa shape index (κ1) is 13.6. The first-order chi connectivity index (χ1) is 8.46. The van der Waals surface area contributed by atoms with Crippen LogP contribution < -0.4 is 0 Å². The molecule has 1 heteroatoms. The highest BCUT2D eigenvalue weighted by atomic mass is 28.3. The highest BCUT2D eigenvalue weighted by molar-refractivity contribution is 6.76. The smallest absolute Gasteiger partial charge is 0.0486 e. The van der Waals surface area contributed by atoms with Crippen LogP contribution in [0.4, 0.5) is 0 Å². The van der Waals surface area contributed by atoms with Gasteiger partial charge in [-0.1, -0.05) is 74.2 Å². The molecule has 0 amide bonds. The number of hydrogen-bond donors (Lipinski definition) is 0. The van der Waals surface area contributed by atoms with E-state index in [0.29, 0.717) is 11.8 Å². The van der Waals surface area contributed by atoms with Gasteiger partial charge in [-0.2, -0.15) is 0 Å². The van der Waals surface area contributed by atoms with Crippen molar-refractivity contribution in [2.45, 2.75) is 45.5 Å². The lowest BCUT2D eigenvalue weighted by atomic mass is 9.96. The van der Waals surface area contributed by atoms with E-state index in [1.807, 2.05) is 0 Å². The van der Waals surface area contributed by atoms with E-state index >= 15 is 0 Å². The summed E-state index contributed by atoms with van der Waals surface area (Å²) in [5, 5.41) is 0. The van der Waals surface area contributed by atoms with Crippen molar-refractivity contribution in [3.05, 3.63) is 47.6 Å². The summed E-state index contributed by atoms with van der Waals surface area (Å²) >= 11 is 0. The Morgan fingerprint density at radius 1 is 0.944 bits per heavy atom. The van der Waals surface area contributed by atoms with Gasteiger partial charge in [0.05, 0.1) is 0 Å². The molecule has 0 bridgehead atoms. The van der Waals surface area contributed by atoms with E-state index in [4.69, 9.17) is 0 Å². The molecule has 2 atom stereocenters. The Morgan fingerprint density at radius 3 is 2.00 bits per heavy atom. The fourth-order valence-corrected chi connectivity index (χ4v) is 4.30. The summed E-state index contributed by atoms with van der Waals surface area (Å²) in [4.78, 5) is 0. The van der Waals surface area contributed by atoms with Crippen molar-refractivity contribution in [3.8, 4) is 0 Å². The van der Waals surface area contributed by atoms with E-state index in [-0.39, 0.29) is 0 Å². The van der Waals surface area contributed by atoms with Gasteiger partial charge in [-0.25, -0.2) is 0 Å². The highest BCUT2D eigenvalue weighted by Gasteiger charge is 2.19. The van der Waals surface area contributed by atoms with Gasteiger partial charge < -0.3 is 0 Å². The summed E-state index contributed by atoms with van der Waals surface area (Å²) in [5.74, 6) is 1.33. The second-order valence-corrected chi connectivity index (χ2v) is 12.3. The molecule has 0 saturated heterocycles. The van der Waals surface area contributed by atoms with Crippen molar-refractivity contribution < 1.29 is 0 Å². The van der Waals surface area contributed by atoms with E-state index in [1.54, 1.807) is 5.57 Å². The minimum absolute atomic E-state index is 0.664. The van der Waals surface area contributed by atoms with Crippen molar-refractivity contribution >= 4 is 8.07 Å². The predicted octanol–water partition coefficient (Wildman–Crippen LogP) is 5.35. The molecule has 0 heterocycles. The van der Waals surface area contributed by atoms with Crippen molar-refractivity contribution in [1.82, 2.24) is 0 Å². The zero-order chi connectivity index (χ0) is 13.2. The first-order valence-electron chi connectivity index (χ1n) is 7.24. The zero-order valence-corrected chi connectivity index (χ0v) is 13.2. The van der Waals surface area contributed by atoms with Crippen LogP contribution in [-0.4, -0.2) is 8.07 Å². The standard InChI is InChI=1S/C17H26Si/c1-5-14-6-7-15(10-14)11-16-8-9-17(12-16)13-18(2,3)4/h6-10,12,15-16H,5,11,13H2,1-4H3. The second kappa shape index (κ2) is 5.44. The minimum atomic E-state index is -0.958. The minimum Gasteiger partial charge on any atom is -0.0773 e. The van der Waals surface area contributed by atoms with Gasteiger partial charge in [-0.3, -0.25) is 0 Å². The van der Waals surface area contributed by atoms with Crippen LogP contribution >= 0.6 is 0 Å². The number of hydrogen-bond acceptors (Lipinski definition) is 0. The van der Waals surface area contributed by atoms with Gasteiger partial charge in [-0.05, 0) is 30.7 Å². The fourth-order valence-electron chi connectivity index (χ4n) is 2.84. The van der Waals surface area contributed by atoms with Gasteiger partial charge >= 0.3 is 0 Å². The third-order valence-corrected chi connectivity index (χ3v) is 5.13. The Morgan fingerprint density at radius 2 is 1.50 bits per heavy atom. The Kier molecular flexibility index (Phi) is 4.11. The normalized spacial score (nSPS) is 26.7. The molecule has 2 aliphatic rings. The Labute approximate surface area is 113 Å². The molecule has 0 N–H and O–H groups in total. The summed E-state index contributed by atoms with van der Waals surface area (Å²) < 4.78 is 0. The predicted molar refractivity (Wildman–Crippen MR) is 84.5 cm³/mol. The maximum Gasteiger partial charge on any atom is 0.0486 e. The lowest BCUT2D eigenvalue weighted by Crippen LogP contribution is -2.19. The first-order valence-corrected chi connectivity index (χ1v) is 10.9. The van der Waals surface area contributed by atoms with Crippen molar-refractivity contribution in [3.63, 3.8) is 0 Å². The zero-order valence-electron chi connectivity index (χ0n) is 12.2. The third kappa shape index (κ3) is 3.84. The molecular formula is C17H26Si. The van der Waals surface area contributed by atoms with Crippen LogP contribution in [-0.2, 0) is 0 Å². The lowest BCUT2D eigenvalue weighted by Gasteiger charge is -2.15. The topological polar surface area (TPSA) is 0 Å². The van der Waals surface area contributed by atoms with Gasteiger partial charge in [-0.15, -0.1) is 0 Å². The quantitative estimate of drug-likeness (QED) is 0.583. The molecule has 0 nitrogen and oxygen atoms in total. The van der Waals surface area contributed by atoms with Crippen LogP contribution in [0.3, 0.4) is 0 Å². The van der Waals surface area contributed by atoms with Crippen molar-refractivity contribution in [1.29, 1.82) is 0 Å². The van der Waals surface area contributed by atoms with Gasteiger partial charge in [0.2, 0.25) is 0 Å². The van der Waals surface area contributed by atoms with Gasteiger partial charge in [0.25, 0.3) is 0 Å². The Hall–Kier alpha value is -0.823. The van der Waals surface area contributed by atoms with Crippen LogP contribution in [0.15, 0.2) is 47.6 Å². The van der Waals surface area contributed by atoms with Crippen molar-refractivity contribution in [2.75, 3.05) is 0 Å². The average Bonchev–Trinajstić information content (AvgIpc) is 2.86. The molecule has 0 spiro atoms. The number of rotatable bonds is 5. The molecule has 0 aliphatic heterocycles. The molecular weight excluding hydrogens is 232 g/mol. The lowest BCUT2D eigenvalue weighted by molar-refractivity contribution is 0.634. The van der Waals surface area contributed by atoms with Crippen LogP contribution in [0, 0.1) is 11.8 Å². The molecule has 18 heavy (non-hydrogen) atoms. The monoisotopic (exact) mass is 258 g/mol. The molecule has 0 fully saturated rings. The SMILES string of the molecule is CCC1=CC(CC2C=CC(C[Si](C)(C)C)=C2)C=C1. The Balaban J connectivity index is 1.89. The molecule has 2 aliphatic carbocycles. The molecule has 0 radical (unpaired) electrons. The molecule has 2 rings (SSSR count). The Bertz CT molecular complexity index is 415. The van der Waals surface area contributed by atoms with E-state index in [2.05, 4.69) is 63.0 Å². The summed E-state index contributed by atoms with van der Waals surface area (Å²) in [5.41, 5.74) is 3.09. The molecule has 2 unspecified atom stereocenters. The van der Waals surface area contributed by atoms with Gasteiger partial charge in [0, 0.05) is 8.07 Å². The van der Waals surface area contributed by atoms with Crippen LogP contribution in [0.25, 0.3) is 0 Å². The molecule has 0 saturated carbocycles. The van der Waals surface area contributed by atoms with Gasteiger partial charge in [0.1, 0.15) is 0 Å². The summed E-state index contributed by atoms with van der Waals surface area (Å²) in [6.45, 7) is 9.58. The van der Waals surface area contributed by atoms with Crippen LogP contribution in [0.1, 0.15) is 19.8 Å². The largest absolute Gasteiger partial charge is 0.0773 e. The summed E-state index contributed by atoms with van der Waals surface area (Å²) in [6, 6.07) is 1.33. The summed E-state index contributed by atoms with van der Waals surface area (Å²) in [7, 11) is -0.958. The van der Waals surface area contributed by atoms with Crippen molar-refractivity contribution in [2.24, 2.45) is 11.8 Å². The summed E-state index contributed by atoms with van der Waals surface area (Å²) in [6.07, 6.45) is 16.8. The highest BCUT2D eigenvalue weighted by Crippen LogP contribution is 2.31. The van der Waals surface area contributed by atoms with Gasteiger partial charge in [0.15, 0.2) is 0 Å². The van der Waals surface area contributed by atoms with E-state index in [1.165, 1.54) is 24.5 Å². The maximum absolute atomic E-state index is 2.50. The van der Waals surface area contributed by atoms with E-state index < -0.39 is 8.07 Å². The molecule has 0 aromatic heterocycles. The number of allylic oxidation sites excluding steroid dienone is 8. The second-order valence-electron chi connectivity index (χ2n) is 6.86. The van der Waals surface area contributed by atoms with E-state index in [0.717, 1.165) is 0 Å². The molecule has 0 aromatic rings. The molecule has 98 valence electrons. The maximum atomic E-state index is 2.50. The fraction of sp³-hybridized carbons (Fsp3) is 0.529.